The molecule has 5 rings (SSSR count). The lowest BCUT2D eigenvalue weighted by molar-refractivity contribution is -0.135. The molecule has 3 heterocycles. The fourth-order valence-corrected chi connectivity index (χ4v) is 4.84. The summed E-state index contributed by atoms with van der Waals surface area (Å²) < 4.78 is 0. The first kappa shape index (κ1) is 22.9. The van der Waals surface area contributed by atoms with E-state index in [-0.39, 0.29) is 5.91 Å². The van der Waals surface area contributed by atoms with E-state index in [0.29, 0.717) is 22.4 Å². The van der Waals surface area contributed by atoms with Crippen LogP contribution in [0.3, 0.4) is 0 Å². The SMILES string of the molecule is O=C(O)CNC(=O)c1ccc2c(c1)C(=Cc1cc3cc(CCCN4CCCC4)ccc3[nH]1)C(=O)N2. The van der Waals surface area contributed by atoms with Crippen molar-refractivity contribution < 1.29 is 19.5 Å². The molecule has 4 N–H and O–H groups in total. The average molecular weight is 473 g/mol. The Morgan fingerprint density at radius 1 is 1.09 bits per heavy atom. The second-order valence-electron chi connectivity index (χ2n) is 9.15. The van der Waals surface area contributed by atoms with E-state index < -0.39 is 18.4 Å². The van der Waals surface area contributed by atoms with Gasteiger partial charge in [0, 0.05) is 33.4 Å². The number of hydrogen-bond acceptors (Lipinski definition) is 4. The topological polar surface area (TPSA) is 115 Å². The van der Waals surface area contributed by atoms with Gasteiger partial charge >= 0.3 is 5.97 Å². The van der Waals surface area contributed by atoms with Crippen LogP contribution >= 0.6 is 0 Å². The van der Waals surface area contributed by atoms with Gasteiger partial charge in [-0.3, -0.25) is 14.4 Å². The van der Waals surface area contributed by atoms with Crippen LogP contribution in [0.25, 0.3) is 22.6 Å². The number of carbonyl (C=O) groups is 3. The second kappa shape index (κ2) is 9.76. The Morgan fingerprint density at radius 3 is 2.71 bits per heavy atom. The highest BCUT2D eigenvalue weighted by atomic mass is 16.4. The molecule has 2 aliphatic rings. The molecule has 1 aromatic heterocycles. The van der Waals surface area contributed by atoms with Gasteiger partial charge in [-0.15, -0.1) is 0 Å². The molecule has 2 amide bonds. The molecule has 1 fully saturated rings. The number of aliphatic carboxylic acids is 1. The van der Waals surface area contributed by atoms with Crippen LogP contribution in [0.4, 0.5) is 5.69 Å². The highest BCUT2D eigenvalue weighted by Crippen LogP contribution is 2.34. The predicted molar refractivity (Wildman–Crippen MR) is 135 cm³/mol. The maximum Gasteiger partial charge on any atom is 0.322 e. The predicted octanol–water partition coefficient (Wildman–Crippen LogP) is 3.50. The van der Waals surface area contributed by atoms with Gasteiger partial charge in [-0.1, -0.05) is 6.07 Å². The molecule has 8 nitrogen and oxygen atoms in total. The number of likely N-dealkylation sites (tertiary alicyclic amines) is 1. The first-order chi connectivity index (χ1) is 17.0. The van der Waals surface area contributed by atoms with Crippen LogP contribution in [0.2, 0.25) is 0 Å². The van der Waals surface area contributed by atoms with Gasteiger partial charge in [-0.05, 0) is 93.4 Å². The fraction of sp³-hybridized carbons (Fsp3) is 0.296. The Balaban J connectivity index is 1.34. The van der Waals surface area contributed by atoms with E-state index >= 15 is 0 Å². The van der Waals surface area contributed by atoms with E-state index in [1.165, 1.54) is 31.5 Å². The Hall–Kier alpha value is -3.91. The van der Waals surface area contributed by atoms with E-state index in [0.717, 1.165) is 36.0 Å². The number of rotatable bonds is 8. The van der Waals surface area contributed by atoms with Crippen molar-refractivity contribution in [2.75, 3.05) is 31.5 Å². The molecule has 0 unspecified atom stereocenters. The first-order valence-corrected chi connectivity index (χ1v) is 12.0. The Kier molecular flexibility index (Phi) is 6.37. The summed E-state index contributed by atoms with van der Waals surface area (Å²) in [5.74, 6) is -1.87. The van der Waals surface area contributed by atoms with Gasteiger partial charge in [-0.25, -0.2) is 0 Å². The van der Waals surface area contributed by atoms with E-state index in [2.05, 4.69) is 38.7 Å². The summed E-state index contributed by atoms with van der Waals surface area (Å²) in [5.41, 5.74) is 5.07. The molecule has 0 radical (unpaired) electrons. The van der Waals surface area contributed by atoms with Crippen molar-refractivity contribution in [3.63, 3.8) is 0 Å². The molecule has 0 bridgehead atoms. The Morgan fingerprint density at radius 2 is 1.91 bits per heavy atom. The third-order valence-corrected chi connectivity index (χ3v) is 6.61. The third-order valence-electron chi connectivity index (χ3n) is 6.61. The molecule has 35 heavy (non-hydrogen) atoms. The number of nitrogens with one attached hydrogen (secondary N) is 3. The van der Waals surface area contributed by atoms with Crippen LogP contribution in [-0.2, 0) is 16.0 Å². The standard InChI is InChI=1S/C27H28N4O4/c32-25(33)16-28-26(34)18-6-8-24-21(14-18)22(27(35)30-24)15-20-13-19-12-17(5-7-23(19)29-20)4-3-11-31-9-1-2-10-31/h5-8,12-15,29H,1-4,9-11,16H2,(H,28,34)(H,30,35)(H,32,33). The van der Waals surface area contributed by atoms with Gasteiger partial charge in [0.1, 0.15) is 6.54 Å². The van der Waals surface area contributed by atoms with Gasteiger partial charge in [0.05, 0.1) is 5.57 Å². The van der Waals surface area contributed by atoms with E-state index in [4.69, 9.17) is 5.11 Å². The molecule has 0 saturated carbocycles. The van der Waals surface area contributed by atoms with Crippen LogP contribution < -0.4 is 10.6 Å². The molecule has 2 aliphatic heterocycles. The Bertz CT molecular complexity index is 1330. The number of amides is 2. The third kappa shape index (κ3) is 5.12. The molecule has 0 spiro atoms. The van der Waals surface area contributed by atoms with Crippen molar-refractivity contribution in [3.05, 3.63) is 64.8 Å². The van der Waals surface area contributed by atoms with Crippen molar-refractivity contribution in [3.8, 4) is 0 Å². The number of anilines is 1. The smallest absolute Gasteiger partial charge is 0.322 e. The minimum Gasteiger partial charge on any atom is -0.480 e. The fourth-order valence-electron chi connectivity index (χ4n) is 4.84. The lowest BCUT2D eigenvalue weighted by Crippen LogP contribution is -2.29. The molecule has 2 aromatic carbocycles. The number of aryl methyl sites for hydroxylation is 1. The van der Waals surface area contributed by atoms with Gasteiger partial charge in [0.2, 0.25) is 0 Å². The van der Waals surface area contributed by atoms with E-state index in [1.807, 2.05) is 6.07 Å². The van der Waals surface area contributed by atoms with Gasteiger partial charge in [0.15, 0.2) is 0 Å². The first-order valence-electron chi connectivity index (χ1n) is 12.0. The van der Waals surface area contributed by atoms with Crippen molar-refractivity contribution in [2.24, 2.45) is 0 Å². The molecule has 1 saturated heterocycles. The second-order valence-corrected chi connectivity index (χ2v) is 9.15. The monoisotopic (exact) mass is 472 g/mol. The molecule has 0 aliphatic carbocycles. The van der Waals surface area contributed by atoms with E-state index in [1.54, 1.807) is 24.3 Å². The highest BCUT2D eigenvalue weighted by Gasteiger charge is 2.25. The molecule has 3 aromatic rings. The minimum atomic E-state index is -1.12. The average Bonchev–Trinajstić information content (AvgIpc) is 3.56. The van der Waals surface area contributed by atoms with Crippen molar-refractivity contribution in [1.29, 1.82) is 0 Å². The number of benzene rings is 2. The van der Waals surface area contributed by atoms with E-state index in [9.17, 15) is 14.4 Å². The Labute approximate surface area is 203 Å². The van der Waals surface area contributed by atoms with Crippen LogP contribution in [0.5, 0.6) is 0 Å². The molecule has 8 heteroatoms. The zero-order chi connectivity index (χ0) is 24.4. The molecular weight excluding hydrogens is 444 g/mol. The van der Waals surface area contributed by atoms with Gasteiger partial charge in [-0.2, -0.15) is 0 Å². The number of carboxylic acid groups (broad SMARTS) is 1. The quantitative estimate of drug-likeness (QED) is 0.375. The van der Waals surface area contributed by atoms with Crippen molar-refractivity contribution >= 4 is 46.0 Å². The van der Waals surface area contributed by atoms with Crippen LogP contribution in [0.1, 0.15) is 46.4 Å². The summed E-state index contributed by atoms with van der Waals surface area (Å²) in [6.07, 6.45) is 6.60. The van der Waals surface area contributed by atoms with Crippen molar-refractivity contribution in [2.45, 2.75) is 25.7 Å². The lowest BCUT2D eigenvalue weighted by Gasteiger charge is -2.13. The summed E-state index contributed by atoms with van der Waals surface area (Å²) in [6, 6.07) is 13.3. The number of hydrogen-bond donors (Lipinski definition) is 4. The number of fused-ring (bicyclic) bond motifs is 2. The van der Waals surface area contributed by atoms with Crippen LogP contribution in [0.15, 0.2) is 42.5 Å². The summed E-state index contributed by atoms with van der Waals surface area (Å²) in [6.45, 7) is 3.12. The van der Waals surface area contributed by atoms with Crippen LogP contribution in [-0.4, -0.2) is 59.0 Å². The van der Waals surface area contributed by atoms with Gasteiger partial charge in [0.25, 0.3) is 11.8 Å². The van der Waals surface area contributed by atoms with Gasteiger partial charge < -0.3 is 25.6 Å². The minimum absolute atomic E-state index is 0.246. The number of aromatic nitrogens is 1. The number of carbonyl (C=O) groups excluding carboxylic acids is 2. The molecular formula is C27H28N4O4. The number of H-pyrrole nitrogens is 1. The zero-order valence-corrected chi connectivity index (χ0v) is 19.4. The summed E-state index contributed by atoms with van der Waals surface area (Å²) in [4.78, 5) is 41.6. The molecule has 180 valence electrons. The largest absolute Gasteiger partial charge is 0.480 e. The summed E-state index contributed by atoms with van der Waals surface area (Å²) >= 11 is 0. The maximum atomic E-state index is 12.7. The summed E-state index contributed by atoms with van der Waals surface area (Å²) in [7, 11) is 0. The zero-order valence-electron chi connectivity index (χ0n) is 19.4. The number of aromatic amines is 1. The number of nitrogens with zero attached hydrogens (tertiary/aromatic N) is 1. The maximum absolute atomic E-state index is 12.7. The number of carboxylic acids is 1. The summed E-state index contributed by atoms with van der Waals surface area (Å²) in [5, 5.41) is 15.0. The highest BCUT2D eigenvalue weighted by molar-refractivity contribution is 6.35. The lowest BCUT2D eigenvalue weighted by atomic mass is 10.0. The van der Waals surface area contributed by atoms with Crippen molar-refractivity contribution in [1.82, 2.24) is 15.2 Å². The normalized spacial score (nSPS) is 16.6. The van der Waals surface area contributed by atoms with Crippen LogP contribution in [0, 0.1) is 0 Å². The molecule has 0 atom stereocenters.